The molecule has 1 aromatic carbocycles. The minimum absolute atomic E-state index is 0.00433. The Labute approximate surface area is 100 Å². The number of nitrogens with zero attached hydrogens (tertiary/aromatic N) is 1. The normalized spacial score (nSPS) is 14.8. The van der Waals surface area contributed by atoms with Gasteiger partial charge in [-0.3, -0.25) is 4.79 Å². The van der Waals surface area contributed by atoms with Gasteiger partial charge >= 0.3 is 0 Å². The van der Waals surface area contributed by atoms with Crippen LogP contribution >= 0.6 is 0 Å². The van der Waals surface area contributed by atoms with Crippen molar-refractivity contribution < 1.29 is 13.2 Å². The monoisotopic (exact) mass is 254 g/mol. The molecule has 0 spiro atoms. The second-order valence-electron chi connectivity index (χ2n) is 3.98. The smallest absolute Gasteiger partial charge is 0.238 e. The van der Waals surface area contributed by atoms with Gasteiger partial charge in [-0.25, -0.2) is 13.6 Å². The van der Waals surface area contributed by atoms with E-state index in [4.69, 9.17) is 5.14 Å². The van der Waals surface area contributed by atoms with E-state index in [9.17, 15) is 13.2 Å². The summed E-state index contributed by atoms with van der Waals surface area (Å²) in [6.45, 7) is 2.39. The molecule has 0 bridgehead atoms. The van der Waals surface area contributed by atoms with Crippen LogP contribution in [0.15, 0.2) is 23.1 Å². The van der Waals surface area contributed by atoms with Gasteiger partial charge in [0, 0.05) is 18.7 Å². The van der Waals surface area contributed by atoms with Gasteiger partial charge in [0.2, 0.25) is 15.9 Å². The molecule has 1 aliphatic heterocycles. The van der Waals surface area contributed by atoms with Crippen LogP contribution in [0.1, 0.15) is 18.9 Å². The molecular formula is C11H14N2O3S. The predicted molar refractivity (Wildman–Crippen MR) is 64.2 cm³/mol. The van der Waals surface area contributed by atoms with Crippen molar-refractivity contribution in [3.8, 4) is 0 Å². The highest BCUT2D eigenvalue weighted by atomic mass is 32.2. The van der Waals surface area contributed by atoms with E-state index in [1.165, 1.54) is 12.1 Å². The van der Waals surface area contributed by atoms with Crippen molar-refractivity contribution in [1.82, 2.24) is 0 Å². The van der Waals surface area contributed by atoms with Crippen molar-refractivity contribution in [1.29, 1.82) is 0 Å². The lowest BCUT2D eigenvalue weighted by Crippen LogP contribution is -2.28. The molecule has 92 valence electrons. The van der Waals surface area contributed by atoms with E-state index >= 15 is 0 Å². The van der Waals surface area contributed by atoms with E-state index in [-0.39, 0.29) is 10.8 Å². The molecule has 0 atom stereocenters. The van der Waals surface area contributed by atoms with Gasteiger partial charge < -0.3 is 4.90 Å². The molecule has 1 heterocycles. The summed E-state index contributed by atoms with van der Waals surface area (Å²) in [5, 5.41) is 5.07. The number of carbonyl (C=O) groups excluding carboxylic acids is 1. The molecule has 0 saturated carbocycles. The highest BCUT2D eigenvalue weighted by molar-refractivity contribution is 7.89. The SMILES string of the molecule is CCC(=O)N1CCc2ccc(S(N)(=O)=O)cc21. The van der Waals surface area contributed by atoms with E-state index in [0.717, 1.165) is 12.0 Å². The first-order valence-electron chi connectivity index (χ1n) is 5.39. The Balaban J connectivity index is 2.48. The van der Waals surface area contributed by atoms with Gasteiger partial charge in [-0.2, -0.15) is 0 Å². The van der Waals surface area contributed by atoms with Crippen LogP contribution in [-0.2, 0) is 21.2 Å². The summed E-state index contributed by atoms with van der Waals surface area (Å²) >= 11 is 0. The van der Waals surface area contributed by atoms with Crippen molar-refractivity contribution in [2.45, 2.75) is 24.7 Å². The van der Waals surface area contributed by atoms with Gasteiger partial charge in [0.15, 0.2) is 0 Å². The Morgan fingerprint density at radius 1 is 1.47 bits per heavy atom. The molecule has 0 unspecified atom stereocenters. The van der Waals surface area contributed by atoms with Crippen molar-refractivity contribution >= 4 is 21.6 Å². The molecule has 1 aromatic rings. The Morgan fingerprint density at radius 3 is 2.76 bits per heavy atom. The Morgan fingerprint density at radius 2 is 2.18 bits per heavy atom. The molecule has 0 radical (unpaired) electrons. The Bertz CT molecular complexity index is 566. The largest absolute Gasteiger partial charge is 0.312 e. The molecule has 0 fully saturated rings. The maximum atomic E-state index is 11.7. The fourth-order valence-corrected chi connectivity index (χ4v) is 2.52. The zero-order valence-electron chi connectivity index (χ0n) is 9.51. The number of hydrogen-bond donors (Lipinski definition) is 1. The van der Waals surface area contributed by atoms with E-state index in [2.05, 4.69) is 0 Å². The maximum Gasteiger partial charge on any atom is 0.238 e. The minimum atomic E-state index is -3.72. The van der Waals surface area contributed by atoms with Gasteiger partial charge in [0.25, 0.3) is 0 Å². The van der Waals surface area contributed by atoms with Crippen molar-refractivity contribution in [2.24, 2.45) is 5.14 Å². The van der Waals surface area contributed by atoms with E-state index in [0.29, 0.717) is 18.7 Å². The van der Waals surface area contributed by atoms with Crippen LogP contribution in [0, 0.1) is 0 Å². The van der Waals surface area contributed by atoms with Gasteiger partial charge in [-0.1, -0.05) is 13.0 Å². The number of fused-ring (bicyclic) bond motifs is 1. The molecule has 0 aromatic heterocycles. The molecule has 0 aliphatic carbocycles. The van der Waals surface area contributed by atoms with Gasteiger partial charge in [0.1, 0.15) is 0 Å². The summed E-state index contributed by atoms with van der Waals surface area (Å²) in [5.74, 6) is -0.00433. The zero-order chi connectivity index (χ0) is 12.6. The summed E-state index contributed by atoms with van der Waals surface area (Å²) in [4.78, 5) is 13.3. The lowest BCUT2D eigenvalue weighted by Gasteiger charge is -2.16. The number of nitrogens with two attached hydrogens (primary N) is 1. The molecule has 2 N–H and O–H groups in total. The average molecular weight is 254 g/mol. The van der Waals surface area contributed by atoms with Crippen LogP contribution in [0.4, 0.5) is 5.69 Å². The third-order valence-corrected chi connectivity index (χ3v) is 3.80. The molecule has 5 nitrogen and oxygen atoms in total. The summed E-state index contributed by atoms with van der Waals surface area (Å²) in [6.07, 6.45) is 1.16. The quantitative estimate of drug-likeness (QED) is 0.840. The van der Waals surface area contributed by atoms with Crippen LogP contribution < -0.4 is 10.0 Å². The summed E-state index contributed by atoms with van der Waals surface area (Å²) in [6, 6.07) is 4.68. The van der Waals surface area contributed by atoms with Gasteiger partial charge in [-0.15, -0.1) is 0 Å². The lowest BCUT2D eigenvalue weighted by atomic mass is 10.2. The van der Waals surface area contributed by atoms with Crippen LogP contribution in [0.5, 0.6) is 0 Å². The fraction of sp³-hybridized carbons (Fsp3) is 0.364. The van der Waals surface area contributed by atoms with E-state index in [1.54, 1.807) is 17.9 Å². The van der Waals surface area contributed by atoms with Crippen molar-refractivity contribution in [3.63, 3.8) is 0 Å². The predicted octanol–water partition coefficient (Wildman–Crippen LogP) is 0.633. The molecule has 1 amide bonds. The number of hydrogen-bond acceptors (Lipinski definition) is 3. The number of benzene rings is 1. The first-order valence-corrected chi connectivity index (χ1v) is 6.94. The van der Waals surface area contributed by atoms with Crippen LogP contribution in [0.25, 0.3) is 0 Å². The average Bonchev–Trinajstić information content (AvgIpc) is 2.69. The van der Waals surface area contributed by atoms with Crippen LogP contribution in [0.3, 0.4) is 0 Å². The number of sulfonamides is 1. The van der Waals surface area contributed by atoms with E-state index in [1.807, 2.05) is 0 Å². The molecule has 0 saturated heterocycles. The minimum Gasteiger partial charge on any atom is -0.312 e. The Kier molecular flexibility index (Phi) is 2.92. The number of carbonyl (C=O) groups is 1. The number of rotatable bonds is 2. The number of amides is 1. The number of primary sulfonamides is 1. The highest BCUT2D eigenvalue weighted by Crippen LogP contribution is 2.30. The summed E-state index contributed by atoms with van der Waals surface area (Å²) in [5.41, 5.74) is 1.66. The first-order chi connectivity index (χ1) is 7.93. The fourth-order valence-electron chi connectivity index (χ4n) is 1.99. The van der Waals surface area contributed by atoms with Crippen LogP contribution in [0.2, 0.25) is 0 Å². The molecule has 2 rings (SSSR count). The van der Waals surface area contributed by atoms with Crippen molar-refractivity contribution in [3.05, 3.63) is 23.8 Å². The van der Waals surface area contributed by atoms with E-state index < -0.39 is 10.0 Å². The Hall–Kier alpha value is -1.40. The van der Waals surface area contributed by atoms with Crippen LogP contribution in [-0.4, -0.2) is 20.9 Å². The van der Waals surface area contributed by atoms with Crippen molar-refractivity contribution in [2.75, 3.05) is 11.4 Å². The molecule has 1 aliphatic rings. The zero-order valence-corrected chi connectivity index (χ0v) is 10.3. The third kappa shape index (κ3) is 2.18. The first kappa shape index (κ1) is 12.1. The highest BCUT2D eigenvalue weighted by Gasteiger charge is 2.25. The molecular weight excluding hydrogens is 240 g/mol. The standard InChI is InChI=1S/C11H14N2O3S/c1-2-11(14)13-6-5-8-3-4-9(7-10(8)13)17(12,15)16/h3-4,7H,2,5-6H2,1H3,(H2,12,15,16). The number of anilines is 1. The summed E-state index contributed by atoms with van der Waals surface area (Å²) in [7, 11) is -3.72. The molecule has 6 heteroatoms. The second-order valence-corrected chi connectivity index (χ2v) is 5.55. The van der Waals surface area contributed by atoms with Gasteiger partial charge in [0.05, 0.1) is 4.90 Å². The lowest BCUT2D eigenvalue weighted by molar-refractivity contribution is -0.118. The third-order valence-electron chi connectivity index (χ3n) is 2.88. The second kappa shape index (κ2) is 4.12. The topological polar surface area (TPSA) is 80.5 Å². The van der Waals surface area contributed by atoms with Gasteiger partial charge in [-0.05, 0) is 24.1 Å². The molecule has 17 heavy (non-hydrogen) atoms. The maximum absolute atomic E-state index is 11.7. The summed E-state index contributed by atoms with van der Waals surface area (Å²) < 4.78 is 22.5.